The zero-order valence-electron chi connectivity index (χ0n) is 11.3. The molecule has 0 saturated heterocycles. The first-order chi connectivity index (χ1) is 8.85. The molecule has 1 saturated carbocycles. The second kappa shape index (κ2) is 4.64. The summed E-state index contributed by atoms with van der Waals surface area (Å²) in [6.07, 6.45) is 3.41. The van der Waals surface area contributed by atoms with Crippen LogP contribution in [0, 0.1) is 24.2 Å². The molecule has 1 heterocycles. The number of aryl methyl sites for hydroxylation is 1. The molecule has 5 nitrogen and oxygen atoms in total. The van der Waals surface area contributed by atoms with Gasteiger partial charge in [0.1, 0.15) is 0 Å². The number of carbonyl (C=O) groups excluding carboxylic acids is 1. The molecule has 2 N–H and O–H groups in total. The van der Waals surface area contributed by atoms with E-state index >= 15 is 0 Å². The summed E-state index contributed by atoms with van der Waals surface area (Å²) in [4.78, 5) is 27.1. The molecular formula is C14H18N2O3. The van der Waals surface area contributed by atoms with Crippen LogP contribution >= 0.6 is 0 Å². The van der Waals surface area contributed by atoms with Crippen molar-refractivity contribution in [1.29, 1.82) is 0 Å². The van der Waals surface area contributed by atoms with Crippen LogP contribution in [0.2, 0.25) is 0 Å². The van der Waals surface area contributed by atoms with E-state index in [0.717, 1.165) is 11.1 Å². The van der Waals surface area contributed by atoms with E-state index in [2.05, 4.69) is 10.3 Å². The van der Waals surface area contributed by atoms with Crippen molar-refractivity contribution in [2.45, 2.75) is 27.3 Å². The summed E-state index contributed by atoms with van der Waals surface area (Å²) in [5.74, 6) is -2.12. The topological polar surface area (TPSA) is 79.3 Å². The van der Waals surface area contributed by atoms with E-state index < -0.39 is 23.2 Å². The standard InChI is InChI=1S/C14H18N2O3/c1-8-4-5-15-6-9(8)7-16-12(17)10-11(13(18)19)14(10,2)3/h4-6,10-11H,7H2,1-3H3,(H,16,17)(H,18,19)/t10-,11+/m1/s1. The second-order valence-electron chi connectivity index (χ2n) is 5.63. The first-order valence-electron chi connectivity index (χ1n) is 6.25. The van der Waals surface area contributed by atoms with Crippen LogP contribution in [-0.2, 0) is 16.1 Å². The number of hydrogen-bond donors (Lipinski definition) is 2. The average Bonchev–Trinajstić information content (AvgIpc) is 2.91. The number of carboxylic acid groups (broad SMARTS) is 1. The van der Waals surface area contributed by atoms with Gasteiger partial charge in [0.2, 0.25) is 5.91 Å². The number of pyridine rings is 1. The molecule has 0 radical (unpaired) electrons. The lowest BCUT2D eigenvalue weighted by atomic mass is 10.1. The van der Waals surface area contributed by atoms with E-state index in [1.807, 2.05) is 26.8 Å². The lowest BCUT2D eigenvalue weighted by Gasteiger charge is -2.08. The predicted octanol–water partition coefficient (Wildman–Crippen LogP) is 1.36. The van der Waals surface area contributed by atoms with Gasteiger partial charge in [0, 0.05) is 18.9 Å². The molecule has 2 rings (SSSR count). The third kappa shape index (κ3) is 2.45. The Hall–Kier alpha value is -1.91. The van der Waals surface area contributed by atoms with Gasteiger partial charge in [0.05, 0.1) is 11.8 Å². The van der Waals surface area contributed by atoms with Gasteiger partial charge in [0.15, 0.2) is 0 Å². The summed E-state index contributed by atoms with van der Waals surface area (Å²) in [5, 5.41) is 11.8. The number of nitrogens with zero attached hydrogens (tertiary/aromatic N) is 1. The number of hydrogen-bond acceptors (Lipinski definition) is 3. The number of aromatic nitrogens is 1. The molecule has 0 unspecified atom stereocenters. The van der Waals surface area contributed by atoms with E-state index in [1.54, 1.807) is 12.4 Å². The largest absolute Gasteiger partial charge is 0.481 e. The zero-order chi connectivity index (χ0) is 14.2. The summed E-state index contributed by atoms with van der Waals surface area (Å²) in [6, 6.07) is 1.88. The van der Waals surface area contributed by atoms with E-state index in [1.165, 1.54) is 0 Å². The Morgan fingerprint density at radius 1 is 1.42 bits per heavy atom. The summed E-state index contributed by atoms with van der Waals surface area (Å²) in [7, 11) is 0. The van der Waals surface area contributed by atoms with E-state index in [4.69, 9.17) is 5.11 Å². The highest BCUT2D eigenvalue weighted by Gasteiger charge is 2.65. The Morgan fingerprint density at radius 3 is 2.63 bits per heavy atom. The van der Waals surface area contributed by atoms with Gasteiger partial charge in [-0.15, -0.1) is 0 Å². The van der Waals surface area contributed by atoms with E-state index in [0.29, 0.717) is 6.54 Å². The predicted molar refractivity (Wildman–Crippen MR) is 69.2 cm³/mol. The van der Waals surface area contributed by atoms with Crippen molar-refractivity contribution in [3.05, 3.63) is 29.6 Å². The quantitative estimate of drug-likeness (QED) is 0.858. The Labute approximate surface area is 112 Å². The Bertz CT molecular complexity index is 525. The SMILES string of the molecule is Cc1ccncc1CNC(=O)[C@H]1[C@@H](C(=O)O)C1(C)C. The minimum atomic E-state index is -0.900. The summed E-state index contributed by atoms with van der Waals surface area (Å²) < 4.78 is 0. The smallest absolute Gasteiger partial charge is 0.307 e. The van der Waals surface area contributed by atoms with E-state index in [-0.39, 0.29) is 5.91 Å². The van der Waals surface area contributed by atoms with E-state index in [9.17, 15) is 9.59 Å². The van der Waals surface area contributed by atoms with Gasteiger partial charge in [0.25, 0.3) is 0 Å². The van der Waals surface area contributed by atoms with Crippen molar-refractivity contribution < 1.29 is 14.7 Å². The van der Waals surface area contributed by atoms with Crippen LogP contribution in [0.1, 0.15) is 25.0 Å². The fourth-order valence-electron chi connectivity index (χ4n) is 2.56. The highest BCUT2D eigenvalue weighted by Crippen LogP contribution is 2.58. The van der Waals surface area contributed by atoms with Crippen molar-refractivity contribution in [3.8, 4) is 0 Å². The number of carboxylic acids is 1. The monoisotopic (exact) mass is 262 g/mol. The summed E-state index contributed by atoms with van der Waals surface area (Å²) in [5.41, 5.74) is 1.54. The molecule has 1 amide bonds. The second-order valence-corrected chi connectivity index (χ2v) is 5.63. The molecule has 0 bridgehead atoms. The van der Waals surface area contributed by atoms with Gasteiger partial charge < -0.3 is 10.4 Å². The van der Waals surface area contributed by atoms with Crippen LogP contribution in [0.3, 0.4) is 0 Å². The molecule has 0 aliphatic heterocycles. The number of aliphatic carboxylic acids is 1. The fraction of sp³-hybridized carbons (Fsp3) is 0.500. The maximum Gasteiger partial charge on any atom is 0.307 e. The van der Waals surface area contributed by atoms with Crippen molar-refractivity contribution in [3.63, 3.8) is 0 Å². The molecular weight excluding hydrogens is 244 g/mol. The van der Waals surface area contributed by atoms with Crippen molar-refractivity contribution in [2.24, 2.45) is 17.3 Å². The number of rotatable bonds is 4. The molecule has 0 aromatic carbocycles. The maximum atomic E-state index is 12.0. The molecule has 2 atom stereocenters. The van der Waals surface area contributed by atoms with Crippen molar-refractivity contribution in [2.75, 3.05) is 0 Å². The number of nitrogens with one attached hydrogen (secondary N) is 1. The highest BCUT2D eigenvalue weighted by molar-refractivity contribution is 5.91. The summed E-state index contributed by atoms with van der Waals surface area (Å²) in [6.45, 7) is 5.96. The van der Waals surface area contributed by atoms with Gasteiger partial charge in [-0.05, 0) is 29.5 Å². The normalized spacial score (nSPS) is 23.7. The Morgan fingerprint density at radius 2 is 2.11 bits per heavy atom. The van der Waals surface area contributed by atoms with Crippen molar-refractivity contribution >= 4 is 11.9 Å². The van der Waals surface area contributed by atoms with Gasteiger partial charge in [-0.25, -0.2) is 0 Å². The lowest BCUT2D eigenvalue weighted by Crippen LogP contribution is -2.27. The molecule has 0 spiro atoms. The lowest BCUT2D eigenvalue weighted by molar-refractivity contribution is -0.140. The molecule has 1 fully saturated rings. The van der Waals surface area contributed by atoms with Crippen molar-refractivity contribution in [1.82, 2.24) is 10.3 Å². The molecule has 19 heavy (non-hydrogen) atoms. The summed E-state index contributed by atoms with van der Waals surface area (Å²) >= 11 is 0. The van der Waals surface area contributed by atoms with Crippen LogP contribution in [0.5, 0.6) is 0 Å². The minimum Gasteiger partial charge on any atom is -0.481 e. The Balaban J connectivity index is 1.97. The number of amides is 1. The minimum absolute atomic E-state index is 0.194. The van der Waals surface area contributed by atoms with Crippen LogP contribution in [0.25, 0.3) is 0 Å². The Kier molecular flexibility index (Phi) is 3.30. The van der Waals surface area contributed by atoms with Gasteiger partial charge in [-0.3, -0.25) is 14.6 Å². The molecule has 1 aromatic rings. The first-order valence-corrected chi connectivity index (χ1v) is 6.25. The molecule has 1 aromatic heterocycles. The van der Waals surface area contributed by atoms with Crippen LogP contribution in [0.4, 0.5) is 0 Å². The average molecular weight is 262 g/mol. The van der Waals surface area contributed by atoms with Gasteiger partial charge >= 0.3 is 5.97 Å². The molecule has 102 valence electrons. The molecule has 1 aliphatic rings. The first kappa shape index (κ1) is 13.5. The zero-order valence-corrected chi connectivity index (χ0v) is 11.3. The molecule has 1 aliphatic carbocycles. The highest BCUT2D eigenvalue weighted by atomic mass is 16.4. The van der Waals surface area contributed by atoms with Crippen LogP contribution < -0.4 is 5.32 Å². The van der Waals surface area contributed by atoms with Crippen LogP contribution in [-0.4, -0.2) is 22.0 Å². The molecule has 5 heteroatoms. The third-order valence-corrected chi connectivity index (χ3v) is 3.98. The van der Waals surface area contributed by atoms with Gasteiger partial charge in [-0.1, -0.05) is 13.8 Å². The van der Waals surface area contributed by atoms with Gasteiger partial charge in [-0.2, -0.15) is 0 Å². The maximum absolute atomic E-state index is 12.0. The van der Waals surface area contributed by atoms with Crippen LogP contribution in [0.15, 0.2) is 18.5 Å². The number of carbonyl (C=O) groups is 2. The fourth-order valence-corrected chi connectivity index (χ4v) is 2.56. The third-order valence-electron chi connectivity index (χ3n) is 3.98.